The van der Waals surface area contributed by atoms with Gasteiger partial charge in [-0.2, -0.15) is 0 Å². The summed E-state index contributed by atoms with van der Waals surface area (Å²) in [5.41, 5.74) is 5.77. The fourth-order valence-electron chi connectivity index (χ4n) is 1.87. The van der Waals surface area contributed by atoms with Crippen LogP contribution in [0.4, 0.5) is 5.82 Å². The Bertz CT molecular complexity index is 340. The Balaban J connectivity index is 2.18. The van der Waals surface area contributed by atoms with Crippen molar-refractivity contribution in [2.75, 3.05) is 18.5 Å². The molecule has 15 heavy (non-hydrogen) atoms. The Hall–Kier alpha value is -0.870. The molecule has 1 saturated carbocycles. The SMILES string of the molecule is CN(c1ncncc1Cl)C(CN)C1CC1. The van der Waals surface area contributed by atoms with E-state index in [1.165, 1.54) is 19.2 Å². The molecule has 1 aromatic heterocycles. The molecule has 1 aliphatic rings. The van der Waals surface area contributed by atoms with Crippen LogP contribution in [0.5, 0.6) is 0 Å². The molecule has 1 aliphatic carbocycles. The number of nitrogens with two attached hydrogens (primary N) is 1. The zero-order valence-electron chi connectivity index (χ0n) is 8.73. The van der Waals surface area contributed by atoms with Gasteiger partial charge in [-0.05, 0) is 18.8 Å². The smallest absolute Gasteiger partial charge is 0.150 e. The van der Waals surface area contributed by atoms with E-state index < -0.39 is 0 Å². The zero-order valence-corrected chi connectivity index (χ0v) is 9.48. The summed E-state index contributed by atoms with van der Waals surface area (Å²) in [6.07, 6.45) is 5.64. The van der Waals surface area contributed by atoms with Crippen LogP contribution in [0.15, 0.2) is 12.5 Å². The molecule has 1 heterocycles. The van der Waals surface area contributed by atoms with Crippen molar-refractivity contribution in [2.45, 2.75) is 18.9 Å². The Morgan fingerprint density at radius 3 is 2.93 bits per heavy atom. The number of hydrogen-bond acceptors (Lipinski definition) is 4. The van der Waals surface area contributed by atoms with Crippen LogP contribution in [0.3, 0.4) is 0 Å². The normalized spacial score (nSPS) is 17.5. The van der Waals surface area contributed by atoms with Crippen molar-refractivity contribution >= 4 is 17.4 Å². The van der Waals surface area contributed by atoms with Crippen LogP contribution in [0, 0.1) is 5.92 Å². The lowest BCUT2D eigenvalue weighted by Gasteiger charge is -2.28. The standard InChI is InChI=1S/C10H15ClN4/c1-15(9(4-12)7-2-3-7)10-8(11)5-13-6-14-10/h5-7,9H,2-4,12H2,1H3. The fraction of sp³-hybridized carbons (Fsp3) is 0.600. The largest absolute Gasteiger partial charge is 0.354 e. The number of hydrogen-bond donors (Lipinski definition) is 1. The lowest BCUT2D eigenvalue weighted by molar-refractivity contribution is 0.566. The van der Waals surface area contributed by atoms with Crippen molar-refractivity contribution in [3.63, 3.8) is 0 Å². The lowest BCUT2D eigenvalue weighted by atomic mass is 10.1. The summed E-state index contributed by atoms with van der Waals surface area (Å²) in [5.74, 6) is 1.47. The van der Waals surface area contributed by atoms with Gasteiger partial charge in [-0.3, -0.25) is 0 Å². The highest BCUT2D eigenvalue weighted by Gasteiger charge is 2.33. The quantitative estimate of drug-likeness (QED) is 0.841. The van der Waals surface area contributed by atoms with Gasteiger partial charge in [-0.1, -0.05) is 11.6 Å². The maximum atomic E-state index is 6.04. The molecule has 4 nitrogen and oxygen atoms in total. The highest BCUT2D eigenvalue weighted by atomic mass is 35.5. The molecule has 2 rings (SSSR count). The predicted molar refractivity (Wildman–Crippen MR) is 61.0 cm³/mol. The second kappa shape index (κ2) is 4.33. The second-order valence-corrected chi connectivity index (χ2v) is 4.35. The van der Waals surface area contributed by atoms with E-state index in [-0.39, 0.29) is 0 Å². The fourth-order valence-corrected chi connectivity index (χ4v) is 2.11. The van der Waals surface area contributed by atoms with Crippen LogP contribution >= 0.6 is 11.6 Å². The summed E-state index contributed by atoms with van der Waals surface area (Å²) in [5, 5.41) is 0.582. The molecule has 0 aliphatic heterocycles. The maximum absolute atomic E-state index is 6.04. The molecule has 0 bridgehead atoms. The van der Waals surface area contributed by atoms with Crippen molar-refractivity contribution in [3.8, 4) is 0 Å². The van der Waals surface area contributed by atoms with Gasteiger partial charge in [0, 0.05) is 19.6 Å². The van der Waals surface area contributed by atoms with Gasteiger partial charge in [0.2, 0.25) is 0 Å². The van der Waals surface area contributed by atoms with E-state index in [1.54, 1.807) is 6.20 Å². The van der Waals surface area contributed by atoms with Crippen molar-refractivity contribution < 1.29 is 0 Å². The molecule has 1 unspecified atom stereocenters. The van der Waals surface area contributed by atoms with Gasteiger partial charge < -0.3 is 10.6 Å². The average molecular weight is 227 g/mol. The van der Waals surface area contributed by atoms with E-state index in [2.05, 4.69) is 14.9 Å². The van der Waals surface area contributed by atoms with E-state index >= 15 is 0 Å². The molecule has 0 amide bonds. The third-order valence-electron chi connectivity index (χ3n) is 2.89. The minimum atomic E-state index is 0.345. The van der Waals surface area contributed by atoms with Crippen LogP contribution in [0.25, 0.3) is 0 Å². The number of rotatable bonds is 4. The minimum absolute atomic E-state index is 0.345. The summed E-state index contributed by atoms with van der Waals surface area (Å²) >= 11 is 6.04. The number of nitrogens with zero attached hydrogens (tertiary/aromatic N) is 3. The highest BCUT2D eigenvalue weighted by Crippen LogP contribution is 2.36. The van der Waals surface area contributed by atoms with Gasteiger partial charge >= 0.3 is 0 Å². The van der Waals surface area contributed by atoms with E-state index in [0.29, 0.717) is 23.5 Å². The van der Waals surface area contributed by atoms with Gasteiger partial charge in [0.25, 0.3) is 0 Å². The first-order valence-corrected chi connectivity index (χ1v) is 5.50. The van der Waals surface area contributed by atoms with Crippen LogP contribution < -0.4 is 10.6 Å². The Morgan fingerprint density at radius 2 is 2.40 bits per heavy atom. The van der Waals surface area contributed by atoms with E-state index in [1.807, 2.05) is 7.05 Å². The molecule has 0 spiro atoms. The topological polar surface area (TPSA) is 55.0 Å². The molecule has 5 heteroatoms. The molecule has 82 valence electrons. The number of likely N-dealkylation sites (N-methyl/N-ethyl adjacent to an activating group) is 1. The third kappa shape index (κ3) is 2.21. The summed E-state index contributed by atoms with van der Waals surface area (Å²) in [6, 6.07) is 0.345. The summed E-state index contributed by atoms with van der Waals surface area (Å²) in [7, 11) is 1.99. The van der Waals surface area contributed by atoms with Crippen molar-refractivity contribution in [3.05, 3.63) is 17.5 Å². The molecule has 1 fully saturated rings. The van der Waals surface area contributed by atoms with Gasteiger partial charge in [0.15, 0.2) is 5.82 Å². The second-order valence-electron chi connectivity index (χ2n) is 3.95. The monoisotopic (exact) mass is 226 g/mol. The van der Waals surface area contributed by atoms with Crippen LogP contribution in [0.1, 0.15) is 12.8 Å². The molecular formula is C10H15ClN4. The van der Waals surface area contributed by atoms with E-state index in [4.69, 9.17) is 17.3 Å². The van der Waals surface area contributed by atoms with Gasteiger partial charge in [0.1, 0.15) is 11.3 Å². The molecule has 2 N–H and O–H groups in total. The number of halogens is 1. The summed E-state index contributed by atoms with van der Waals surface area (Å²) in [6.45, 7) is 0.640. The minimum Gasteiger partial charge on any atom is -0.354 e. The highest BCUT2D eigenvalue weighted by molar-refractivity contribution is 6.32. The average Bonchev–Trinajstić information content (AvgIpc) is 3.03. The zero-order chi connectivity index (χ0) is 10.8. The van der Waals surface area contributed by atoms with Crippen molar-refractivity contribution in [1.82, 2.24) is 9.97 Å². The number of aromatic nitrogens is 2. The maximum Gasteiger partial charge on any atom is 0.150 e. The van der Waals surface area contributed by atoms with Crippen molar-refractivity contribution in [2.24, 2.45) is 11.7 Å². The van der Waals surface area contributed by atoms with Gasteiger partial charge in [-0.15, -0.1) is 0 Å². The summed E-state index contributed by atoms with van der Waals surface area (Å²) in [4.78, 5) is 10.1. The Kier molecular flexibility index (Phi) is 3.07. The van der Waals surface area contributed by atoms with Crippen LogP contribution in [-0.2, 0) is 0 Å². The first-order chi connectivity index (χ1) is 7.24. The third-order valence-corrected chi connectivity index (χ3v) is 3.15. The van der Waals surface area contributed by atoms with Crippen LogP contribution in [-0.4, -0.2) is 29.6 Å². The Labute approximate surface area is 94.5 Å². The van der Waals surface area contributed by atoms with Crippen LogP contribution in [0.2, 0.25) is 5.02 Å². The van der Waals surface area contributed by atoms with Gasteiger partial charge in [-0.25, -0.2) is 9.97 Å². The molecule has 1 atom stereocenters. The number of anilines is 1. The first kappa shape index (κ1) is 10.6. The summed E-state index contributed by atoms with van der Waals surface area (Å²) < 4.78 is 0. The molecule has 0 saturated heterocycles. The molecule has 0 aromatic carbocycles. The van der Waals surface area contributed by atoms with Crippen molar-refractivity contribution in [1.29, 1.82) is 0 Å². The lowest BCUT2D eigenvalue weighted by Crippen LogP contribution is -2.40. The molecule has 0 radical (unpaired) electrons. The van der Waals surface area contributed by atoms with E-state index in [9.17, 15) is 0 Å². The Morgan fingerprint density at radius 1 is 1.67 bits per heavy atom. The van der Waals surface area contributed by atoms with E-state index in [0.717, 1.165) is 5.82 Å². The predicted octanol–water partition coefficient (Wildman–Crippen LogP) is 1.30. The van der Waals surface area contributed by atoms with Gasteiger partial charge in [0.05, 0.1) is 6.20 Å². The molecule has 1 aromatic rings. The molecular weight excluding hydrogens is 212 g/mol. The first-order valence-electron chi connectivity index (χ1n) is 5.12.